The smallest absolute Gasteiger partial charge is 0.387 e. The van der Waals surface area contributed by atoms with E-state index >= 15 is 0 Å². The SMILES string of the molecule is Nc1nc(Cl)nc2c1ncn2[C@@H]1O[C@H](COOOP(=O)(O)OP(=O)(O)O)[C@H](O)[C@H]1O. The van der Waals surface area contributed by atoms with Gasteiger partial charge in [0.15, 0.2) is 17.7 Å². The van der Waals surface area contributed by atoms with Gasteiger partial charge in [-0.25, -0.2) is 19.0 Å². The van der Waals surface area contributed by atoms with Crippen LogP contribution in [0, 0.1) is 0 Å². The van der Waals surface area contributed by atoms with E-state index in [-0.39, 0.29) is 22.3 Å². The molecule has 20 heteroatoms. The lowest BCUT2D eigenvalue weighted by Crippen LogP contribution is -2.33. The summed E-state index contributed by atoms with van der Waals surface area (Å²) in [7, 11) is -10.7. The third kappa shape index (κ3) is 5.30. The molecule has 3 rings (SSSR count). The number of fused-ring (bicyclic) bond motifs is 1. The molecule has 17 nitrogen and oxygen atoms in total. The number of ether oxygens (including phenoxy) is 1. The summed E-state index contributed by atoms with van der Waals surface area (Å²) in [6.07, 6.45) is -4.28. The highest BCUT2D eigenvalue weighted by molar-refractivity contribution is 7.60. The van der Waals surface area contributed by atoms with Crippen LogP contribution in [0.3, 0.4) is 0 Å². The summed E-state index contributed by atoms with van der Waals surface area (Å²) in [6.45, 7) is -0.658. The van der Waals surface area contributed by atoms with Crippen LogP contribution in [0.25, 0.3) is 11.2 Å². The molecule has 3 heterocycles. The van der Waals surface area contributed by atoms with Gasteiger partial charge in [-0.1, -0.05) is 9.71 Å². The van der Waals surface area contributed by atoms with Gasteiger partial charge in [-0.3, -0.25) is 4.57 Å². The van der Waals surface area contributed by atoms with Crippen LogP contribution in [0.4, 0.5) is 5.82 Å². The van der Waals surface area contributed by atoms with Gasteiger partial charge in [0.1, 0.15) is 30.4 Å². The molecule has 2 aromatic heterocycles. The number of nitrogens with two attached hydrogens (primary N) is 1. The highest BCUT2D eigenvalue weighted by Gasteiger charge is 2.45. The number of nitrogens with zero attached hydrogens (tertiary/aromatic N) is 4. The summed E-state index contributed by atoms with van der Waals surface area (Å²) in [6, 6.07) is 0. The van der Waals surface area contributed by atoms with Crippen LogP contribution in [0.1, 0.15) is 6.23 Å². The number of aliphatic hydroxyl groups excluding tert-OH is 2. The van der Waals surface area contributed by atoms with Gasteiger partial charge in [0, 0.05) is 0 Å². The number of rotatable bonds is 8. The number of aromatic nitrogens is 4. The summed E-state index contributed by atoms with van der Waals surface area (Å²) in [5.41, 5.74) is 5.98. The lowest BCUT2D eigenvalue weighted by Gasteiger charge is -2.16. The molecule has 5 atom stereocenters. The lowest BCUT2D eigenvalue weighted by atomic mass is 10.1. The molecule has 168 valence electrons. The zero-order valence-electron chi connectivity index (χ0n) is 14.3. The molecule has 7 N–H and O–H groups in total. The predicted molar refractivity (Wildman–Crippen MR) is 91.7 cm³/mol. The zero-order valence-corrected chi connectivity index (χ0v) is 16.9. The number of hydrogen-bond donors (Lipinski definition) is 6. The first kappa shape index (κ1) is 23.4. The Morgan fingerprint density at radius 1 is 1.23 bits per heavy atom. The Hall–Kier alpha value is -1.30. The molecular weight excluding hydrogens is 480 g/mol. The van der Waals surface area contributed by atoms with Crippen molar-refractivity contribution < 1.29 is 57.7 Å². The van der Waals surface area contributed by atoms with Crippen molar-refractivity contribution in [3.63, 3.8) is 0 Å². The first-order valence-electron chi connectivity index (χ1n) is 7.62. The van der Waals surface area contributed by atoms with Crippen molar-refractivity contribution in [1.82, 2.24) is 19.5 Å². The first-order valence-corrected chi connectivity index (χ1v) is 11.0. The van der Waals surface area contributed by atoms with Crippen LogP contribution >= 0.6 is 27.2 Å². The Kier molecular flexibility index (Phi) is 6.76. The minimum absolute atomic E-state index is 0.0202. The largest absolute Gasteiger partial charge is 0.510 e. The second-order valence-corrected chi connectivity index (χ2v) is 8.77. The Labute approximate surface area is 170 Å². The number of halogens is 1. The van der Waals surface area contributed by atoms with Crippen molar-refractivity contribution in [1.29, 1.82) is 0 Å². The number of phosphoric acid groups is 2. The Bertz CT molecular complexity index is 1020. The highest BCUT2D eigenvalue weighted by atomic mass is 35.5. The molecule has 0 amide bonds. The standard InChI is InChI=1S/C10H14ClN5O12P2/c11-10-14-7(12)4-8(15-10)16(2-13-4)9-6(18)5(17)3(25-9)1-24-26-27-30(22,23)28-29(19,20)21/h2-3,5-6,9,17-18H,1H2,(H,22,23)(H2,12,14,15)(H2,19,20,21)/t3-,5+,6-,9-/m1/s1. The number of hydrogen-bond acceptors (Lipinski definition) is 13. The minimum atomic E-state index is -5.35. The topological polar surface area (TPSA) is 251 Å². The number of anilines is 1. The van der Waals surface area contributed by atoms with E-state index in [1.165, 1.54) is 10.9 Å². The first-order chi connectivity index (χ1) is 13.9. The van der Waals surface area contributed by atoms with E-state index in [0.29, 0.717) is 0 Å². The third-order valence-corrected chi connectivity index (χ3v) is 5.74. The van der Waals surface area contributed by atoms with E-state index in [9.17, 15) is 19.3 Å². The molecule has 0 aromatic carbocycles. The maximum absolute atomic E-state index is 11.2. The van der Waals surface area contributed by atoms with E-state index in [1.807, 2.05) is 0 Å². The van der Waals surface area contributed by atoms with Gasteiger partial charge in [0.25, 0.3) is 0 Å². The molecule has 0 spiro atoms. The van der Waals surface area contributed by atoms with Crippen molar-refractivity contribution in [2.24, 2.45) is 0 Å². The summed E-state index contributed by atoms with van der Waals surface area (Å²) in [5.74, 6) is -0.0202. The van der Waals surface area contributed by atoms with Gasteiger partial charge in [-0.15, -0.1) is 0 Å². The fourth-order valence-corrected chi connectivity index (χ4v) is 3.97. The van der Waals surface area contributed by atoms with Gasteiger partial charge < -0.3 is 35.4 Å². The van der Waals surface area contributed by atoms with E-state index in [2.05, 4.69) is 33.9 Å². The van der Waals surface area contributed by atoms with Crippen LogP contribution in [-0.4, -0.2) is 69.3 Å². The molecular formula is C10H14ClN5O12P2. The average Bonchev–Trinajstić information content (AvgIpc) is 3.12. The molecule has 1 saturated heterocycles. The molecule has 0 bridgehead atoms. The Morgan fingerprint density at radius 2 is 1.93 bits per heavy atom. The van der Waals surface area contributed by atoms with Gasteiger partial charge in [0.2, 0.25) is 5.28 Å². The van der Waals surface area contributed by atoms with Crippen LogP contribution in [0.5, 0.6) is 0 Å². The maximum Gasteiger partial charge on any atom is 0.510 e. The van der Waals surface area contributed by atoms with Crippen LogP contribution in [-0.2, 0) is 32.8 Å². The van der Waals surface area contributed by atoms with Gasteiger partial charge in [-0.05, 0) is 11.6 Å². The fourth-order valence-electron chi connectivity index (χ4n) is 2.50. The molecule has 0 aliphatic carbocycles. The summed E-state index contributed by atoms with van der Waals surface area (Å²) < 4.78 is 35.6. The normalized spacial score (nSPS) is 26.9. The monoisotopic (exact) mass is 493 g/mol. The van der Waals surface area contributed by atoms with Crippen LogP contribution < -0.4 is 5.73 Å². The number of aliphatic hydroxyl groups is 2. The lowest BCUT2D eigenvalue weighted by molar-refractivity contribution is -0.476. The minimum Gasteiger partial charge on any atom is -0.387 e. The van der Waals surface area contributed by atoms with Crippen molar-refractivity contribution >= 4 is 44.2 Å². The van der Waals surface area contributed by atoms with Gasteiger partial charge >= 0.3 is 15.6 Å². The van der Waals surface area contributed by atoms with Crippen LogP contribution in [0.15, 0.2) is 6.33 Å². The second-order valence-electron chi connectivity index (χ2n) is 5.72. The maximum atomic E-state index is 11.2. The molecule has 1 aliphatic rings. The average molecular weight is 494 g/mol. The molecule has 1 aliphatic heterocycles. The van der Waals surface area contributed by atoms with Crippen molar-refractivity contribution in [2.45, 2.75) is 24.5 Å². The van der Waals surface area contributed by atoms with Gasteiger partial charge in [0.05, 0.1) is 6.33 Å². The van der Waals surface area contributed by atoms with E-state index in [4.69, 9.17) is 36.8 Å². The molecule has 0 radical (unpaired) electrons. The van der Waals surface area contributed by atoms with Crippen molar-refractivity contribution in [3.05, 3.63) is 11.6 Å². The van der Waals surface area contributed by atoms with E-state index < -0.39 is 46.8 Å². The summed E-state index contributed by atoms with van der Waals surface area (Å²) >= 11 is 5.77. The van der Waals surface area contributed by atoms with Crippen molar-refractivity contribution in [3.8, 4) is 0 Å². The molecule has 1 fully saturated rings. The summed E-state index contributed by atoms with van der Waals surface area (Å²) in [5, 5.41) is 24.1. The fraction of sp³-hybridized carbons (Fsp3) is 0.500. The van der Waals surface area contributed by atoms with E-state index in [0.717, 1.165) is 0 Å². The highest BCUT2D eigenvalue weighted by Crippen LogP contribution is 2.57. The Balaban J connectivity index is 1.62. The summed E-state index contributed by atoms with van der Waals surface area (Å²) in [4.78, 5) is 42.0. The quantitative estimate of drug-likeness (QED) is 0.0827. The van der Waals surface area contributed by atoms with Crippen LogP contribution in [0.2, 0.25) is 5.28 Å². The second kappa shape index (κ2) is 8.68. The Morgan fingerprint density at radius 3 is 2.60 bits per heavy atom. The van der Waals surface area contributed by atoms with E-state index in [1.54, 1.807) is 0 Å². The molecule has 30 heavy (non-hydrogen) atoms. The number of nitrogen functional groups attached to an aromatic ring is 1. The van der Waals surface area contributed by atoms with Gasteiger partial charge in [-0.2, -0.15) is 14.3 Å². The predicted octanol–water partition coefficient (Wildman–Crippen LogP) is -1.23. The number of imidazole rings is 1. The zero-order chi connectivity index (χ0) is 22.3. The molecule has 1 unspecified atom stereocenters. The molecule has 2 aromatic rings. The van der Waals surface area contributed by atoms with Crippen molar-refractivity contribution in [2.75, 3.05) is 12.3 Å². The third-order valence-electron chi connectivity index (χ3n) is 3.65. The molecule has 0 saturated carbocycles.